The average Bonchev–Trinajstić information content (AvgIpc) is 3.91. The topological polar surface area (TPSA) is 30.7 Å². The monoisotopic (exact) mass is 1070 g/mol. The molecule has 66 heavy (non-hydrogen) atoms. The number of hydrogen-bond donors (Lipinski definition) is 0. The first-order valence-corrected chi connectivity index (χ1v) is 26.9. The molecule has 329 valence electrons. The molecule has 0 fully saturated rings. The molecule has 3 aromatic heterocycles. The van der Waals surface area contributed by atoms with E-state index in [2.05, 4.69) is 190 Å². The summed E-state index contributed by atoms with van der Waals surface area (Å²) in [5.74, 6) is 1.21. The molecule has 0 amide bonds. The molecule has 0 atom stereocenters. The molecule has 0 aliphatic rings. The van der Waals surface area contributed by atoms with Crippen LogP contribution in [0.4, 0.5) is 0 Å². The van der Waals surface area contributed by atoms with Crippen LogP contribution in [0, 0.1) is 19.0 Å². The van der Waals surface area contributed by atoms with Gasteiger partial charge < -0.3 is 9.55 Å². The van der Waals surface area contributed by atoms with Crippen LogP contribution in [-0.2, 0) is 20.1 Å². The number of imidazole rings is 1. The van der Waals surface area contributed by atoms with Crippen molar-refractivity contribution in [3.63, 3.8) is 0 Å². The summed E-state index contributed by atoms with van der Waals surface area (Å²) < 4.78 is 30.1. The molecule has 0 aliphatic heterocycles. The van der Waals surface area contributed by atoms with E-state index >= 15 is 0 Å². The standard InChI is InChI=1S/C46H37N2S.C14H16NSi.Ir/c1-27(2)36-24-33(30-13-7-6-8-14-30)25-37(28(3)4)44(36)48-41-18-12-11-17-40(41)47-46(48)35-22-19-29(5)43-39-23-32-21-20-31-15-9-10-16-34(31)38(32)26-42(39)49-45(35)43;1-16(2,3)13-9-10-14(15-11-13)12-7-5-4-6-8-12;/h6-21,23-28H,1-5H3;4-7,9-11H,1-3H3;/q2*-1;/i5D3;;. The van der Waals surface area contributed by atoms with Crippen molar-refractivity contribution in [2.24, 2.45) is 0 Å². The largest absolute Gasteiger partial charge is 0.333 e. The van der Waals surface area contributed by atoms with Gasteiger partial charge in [-0.2, -0.15) is 11.3 Å². The molecule has 0 spiro atoms. The number of para-hydroxylation sites is 2. The number of rotatable bonds is 7. The number of hydrogen-bond acceptors (Lipinski definition) is 3. The third-order valence-electron chi connectivity index (χ3n) is 12.6. The fourth-order valence-corrected chi connectivity index (χ4v) is 11.4. The van der Waals surface area contributed by atoms with Gasteiger partial charge in [-0.1, -0.05) is 156 Å². The van der Waals surface area contributed by atoms with E-state index in [1.54, 1.807) is 17.4 Å². The number of benzene rings is 8. The second-order valence-corrected chi connectivity index (χ2v) is 24.8. The second-order valence-electron chi connectivity index (χ2n) is 18.6. The van der Waals surface area contributed by atoms with E-state index in [9.17, 15) is 0 Å². The van der Waals surface area contributed by atoms with Gasteiger partial charge in [0.1, 0.15) is 0 Å². The Morgan fingerprint density at radius 1 is 0.667 bits per heavy atom. The molecular weight excluding hydrogens is 1020 g/mol. The maximum Gasteiger partial charge on any atom is 0.0795 e. The van der Waals surface area contributed by atoms with E-state index in [0.29, 0.717) is 5.56 Å². The zero-order valence-corrected chi connectivity index (χ0v) is 42.5. The molecule has 11 rings (SSSR count). The number of thiophene rings is 1. The molecule has 6 heteroatoms. The van der Waals surface area contributed by atoms with Gasteiger partial charge in [-0.05, 0) is 113 Å². The molecule has 11 aromatic rings. The van der Waals surface area contributed by atoms with E-state index in [0.717, 1.165) is 70.3 Å². The molecule has 1 radical (unpaired) electrons. The van der Waals surface area contributed by atoms with Gasteiger partial charge >= 0.3 is 0 Å². The van der Waals surface area contributed by atoms with Crippen molar-refractivity contribution in [3.8, 4) is 39.5 Å². The summed E-state index contributed by atoms with van der Waals surface area (Å²) in [6.07, 6.45) is 2.02. The van der Waals surface area contributed by atoms with Crippen LogP contribution in [0.1, 0.15) is 60.3 Å². The van der Waals surface area contributed by atoms with Crippen LogP contribution >= 0.6 is 11.3 Å². The van der Waals surface area contributed by atoms with Gasteiger partial charge in [0.25, 0.3) is 0 Å². The Morgan fingerprint density at radius 3 is 2.08 bits per heavy atom. The predicted octanol–water partition coefficient (Wildman–Crippen LogP) is 16.5. The molecular formula is C60H53IrN3SSi-2. The maximum absolute atomic E-state index is 8.62. The van der Waals surface area contributed by atoms with Crippen molar-refractivity contribution in [2.75, 3.05) is 0 Å². The van der Waals surface area contributed by atoms with Crippen molar-refractivity contribution in [2.45, 2.75) is 66.0 Å². The van der Waals surface area contributed by atoms with Crippen LogP contribution in [0.25, 0.3) is 92.2 Å². The van der Waals surface area contributed by atoms with Gasteiger partial charge in [-0.15, -0.1) is 53.6 Å². The van der Waals surface area contributed by atoms with Gasteiger partial charge in [0.15, 0.2) is 0 Å². The van der Waals surface area contributed by atoms with Crippen LogP contribution in [0.5, 0.6) is 0 Å². The zero-order chi connectivity index (χ0) is 47.5. The number of aromatic nitrogens is 3. The molecule has 3 nitrogen and oxygen atoms in total. The van der Waals surface area contributed by atoms with Crippen molar-refractivity contribution in [1.29, 1.82) is 0 Å². The van der Waals surface area contributed by atoms with Gasteiger partial charge in [-0.3, -0.25) is 4.98 Å². The number of fused-ring (bicyclic) bond motifs is 7. The van der Waals surface area contributed by atoms with E-state index in [-0.39, 0.29) is 31.9 Å². The van der Waals surface area contributed by atoms with Crippen molar-refractivity contribution in [1.82, 2.24) is 14.5 Å². The fourth-order valence-electron chi connectivity index (χ4n) is 9.07. The summed E-state index contributed by atoms with van der Waals surface area (Å²) in [6, 6.07) is 61.3. The summed E-state index contributed by atoms with van der Waals surface area (Å²) >= 11 is 1.64. The zero-order valence-electron chi connectivity index (χ0n) is 41.3. The minimum Gasteiger partial charge on any atom is -0.333 e. The molecule has 0 bridgehead atoms. The van der Waals surface area contributed by atoms with Crippen LogP contribution in [0.15, 0.2) is 164 Å². The maximum atomic E-state index is 8.62. The first-order chi connectivity index (χ1) is 32.7. The molecule has 0 N–H and O–H groups in total. The van der Waals surface area contributed by atoms with Gasteiger partial charge in [0.2, 0.25) is 0 Å². The van der Waals surface area contributed by atoms with Gasteiger partial charge in [-0.25, -0.2) is 0 Å². The third kappa shape index (κ3) is 8.37. The Kier molecular flexibility index (Phi) is 11.5. The average molecular weight is 1070 g/mol. The molecule has 0 saturated carbocycles. The Hall–Kier alpha value is -6.01. The van der Waals surface area contributed by atoms with Gasteiger partial charge in [0, 0.05) is 40.8 Å². The Morgan fingerprint density at radius 2 is 1.38 bits per heavy atom. The molecule has 3 heterocycles. The fraction of sp³-hybridized carbons (Fsp3) is 0.167. The number of nitrogens with zero attached hydrogens (tertiary/aromatic N) is 3. The molecule has 0 saturated heterocycles. The van der Waals surface area contributed by atoms with E-state index in [1.165, 1.54) is 38.2 Å². The summed E-state index contributed by atoms with van der Waals surface area (Å²) in [5.41, 5.74) is 11.1. The number of pyridine rings is 1. The summed E-state index contributed by atoms with van der Waals surface area (Å²) in [4.78, 5) is 9.87. The van der Waals surface area contributed by atoms with Crippen molar-refractivity contribution >= 4 is 77.3 Å². The van der Waals surface area contributed by atoms with Crippen molar-refractivity contribution in [3.05, 3.63) is 193 Å². The Balaban J connectivity index is 0.000000296. The van der Waals surface area contributed by atoms with E-state index in [4.69, 9.17) is 9.10 Å². The van der Waals surface area contributed by atoms with Crippen LogP contribution in [-0.4, -0.2) is 22.6 Å². The molecule has 8 aromatic carbocycles. The normalized spacial score (nSPS) is 12.7. The van der Waals surface area contributed by atoms with E-state index < -0.39 is 14.9 Å². The third-order valence-corrected chi connectivity index (χ3v) is 15.8. The minimum absolute atomic E-state index is 0. The number of aryl methyl sites for hydroxylation is 1. The molecule has 0 aliphatic carbocycles. The minimum atomic E-state index is -2.32. The predicted molar refractivity (Wildman–Crippen MR) is 283 cm³/mol. The SMILES string of the molecule is C[Si](C)(C)c1ccc(-c2[c-]cccc2)nc1.[2H]C([2H])([2H])c1c[c-]c(-c2nc3ccccc3n2-c2c(C(C)C)cc(-c3ccccc3)cc2C(C)C)c2sc3cc4c(ccc5ccccc54)cc3c12.[Ir]. The smallest absolute Gasteiger partial charge is 0.0795 e. The van der Waals surface area contributed by atoms with Crippen LogP contribution in [0.3, 0.4) is 0 Å². The Bertz CT molecular complexity index is 3620. The first kappa shape index (κ1) is 41.4. The quantitative estimate of drug-likeness (QED) is 0.0905. The van der Waals surface area contributed by atoms with Gasteiger partial charge in [0.05, 0.1) is 24.9 Å². The summed E-state index contributed by atoms with van der Waals surface area (Å²) in [6.45, 7) is 13.7. The second kappa shape index (κ2) is 18.3. The summed E-state index contributed by atoms with van der Waals surface area (Å²) in [7, 11) is -1.23. The summed E-state index contributed by atoms with van der Waals surface area (Å²) in [5, 5.41) is 7.72. The molecule has 0 unspecified atom stereocenters. The Labute approximate surface area is 411 Å². The first-order valence-electron chi connectivity index (χ1n) is 24.0. The van der Waals surface area contributed by atoms with Crippen LogP contribution in [0.2, 0.25) is 19.6 Å². The van der Waals surface area contributed by atoms with Crippen LogP contribution < -0.4 is 5.19 Å². The van der Waals surface area contributed by atoms with E-state index in [1.807, 2.05) is 36.5 Å². The van der Waals surface area contributed by atoms with Crippen molar-refractivity contribution < 1.29 is 24.2 Å².